The number of carbonyl (C=O) groups is 2. The Morgan fingerprint density at radius 2 is 2.00 bits per heavy atom. The van der Waals surface area contributed by atoms with Gasteiger partial charge in [0.25, 0.3) is 0 Å². The molecule has 0 aromatic carbocycles. The van der Waals surface area contributed by atoms with Crippen LogP contribution in [-0.4, -0.2) is 56.6 Å². The van der Waals surface area contributed by atoms with Gasteiger partial charge in [0.1, 0.15) is 6.04 Å². The molecule has 0 saturated carbocycles. The molecule has 0 fully saturated rings. The van der Waals surface area contributed by atoms with E-state index in [-0.39, 0.29) is 12.6 Å². The molecule has 0 spiro atoms. The van der Waals surface area contributed by atoms with Crippen LogP contribution in [0.5, 0.6) is 0 Å². The summed E-state index contributed by atoms with van der Waals surface area (Å²) >= 11 is 0. The van der Waals surface area contributed by atoms with Gasteiger partial charge in [0.2, 0.25) is 0 Å². The molecule has 0 aromatic heterocycles. The van der Waals surface area contributed by atoms with Crippen molar-refractivity contribution < 1.29 is 24.2 Å². The summed E-state index contributed by atoms with van der Waals surface area (Å²) in [7, 11) is 3.06. The van der Waals surface area contributed by atoms with Gasteiger partial charge in [-0.1, -0.05) is 19.8 Å². The van der Waals surface area contributed by atoms with E-state index in [0.29, 0.717) is 13.0 Å². The topological polar surface area (TPSA) is 96.9 Å². The van der Waals surface area contributed by atoms with Crippen LogP contribution in [0.1, 0.15) is 26.2 Å². The zero-order valence-corrected chi connectivity index (χ0v) is 11.8. The number of carbonyl (C=O) groups excluding carboxylic acids is 1. The normalized spacial score (nSPS) is 13.6. The number of carboxylic acid groups (broad SMARTS) is 1. The molecule has 7 nitrogen and oxygen atoms in total. The Kier molecular flexibility index (Phi) is 9.82. The Morgan fingerprint density at radius 3 is 2.47 bits per heavy atom. The van der Waals surface area contributed by atoms with E-state index in [0.717, 1.165) is 12.8 Å². The summed E-state index contributed by atoms with van der Waals surface area (Å²) in [6, 6.07) is -1.37. The molecule has 0 aliphatic rings. The highest BCUT2D eigenvalue weighted by Crippen LogP contribution is 2.00. The second-order valence-electron chi connectivity index (χ2n) is 4.20. The van der Waals surface area contributed by atoms with Gasteiger partial charge >= 0.3 is 12.0 Å². The minimum atomic E-state index is -1.02. The second-order valence-corrected chi connectivity index (χ2v) is 4.20. The van der Waals surface area contributed by atoms with Crippen LogP contribution in [0.25, 0.3) is 0 Å². The van der Waals surface area contributed by atoms with Crippen LogP contribution in [-0.2, 0) is 14.3 Å². The molecule has 112 valence electrons. The quantitative estimate of drug-likeness (QED) is 0.542. The number of rotatable bonds is 10. The van der Waals surface area contributed by atoms with E-state index in [1.165, 1.54) is 14.2 Å². The smallest absolute Gasteiger partial charge is 0.326 e. The molecule has 0 aromatic rings. The van der Waals surface area contributed by atoms with E-state index in [2.05, 4.69) is 10.6 Å². The molecular weight excluding hydrogens is 252 g/mol. The van der Waals surface area contributed by atoms with E-state index < -0.39 is 18.0 Å². The zero-order valence-electron chi connectivity index (χ0n) is 11.8. The Labute approximate surface area is 113 Å². The molecule has 0 saturated heterocycles. The molecule has 2 atom stereocenters. The van der Waals surface area contributed by atoms with Crippen LogP contribution in [0.15, 0.2) is 0 Å². The standard InChI is InChI=1S/C12H24N2O5/c1-4-5-6-10(11(15)16)14-12(17)13-7-9(19-3)8-18-2/h9-10H,4-8H2,1-3H3,(H,15,16)(H2,13,14,17). The largest absolute Gasteiger partial charge is 0.480 e. The van der Waals surface area contributed by atoms with E-state index in [9.17, 15) is 9.59 Å². The van der Waals surface area contributed by atoms with Gasteiger partial charge in [-0.15, -0.1) is 0 Å². The van der Waals surface area contributed by atoms with Gasteiger partial charge in [-0.05, 0) is 6.42 Å². The van der Waals surface area contributed by atoms with Crippen LogP contribution >= 0.6 is 0 Å². The number of urea groups is 1. The van der Waals surface area contributed by atoms with Crippen LogP contribution < -0.4 is 10.6 Å². The van der Waals surface area contributed by atoms with E-state index in [1.807, 2.05) is 6.92 Å². The lowest BCUT2D eigenvalue weighted by Crippen LogP contribution is -2.48. The van der Waals surface area contributed by atoms with Crippen molar-refractivity contribution in [1.82, 2.24) is 10.6 Å². The Hall–Kier alpha value is -1.34. The van der Waals surface area contributed by atoms with Gasteiger partial charge in [0.15, 0.2) is 0 Å². The predicted octanol–water partition coefficient (Wildman–Crippen LogP) is 0.590. The summed E-state index contributed by atoms with van der Waals surface area (Å²) in [4.78, 5) is 22.5. The molecule has 2 unspecified atom stereocenters. The molecule has 19 heavy (non-hydrogen) atoms. The number of unbranched alkanes of at least 4 members (excludes halogenated alkanes) is 1. The lowest BCUT2D eigenvalue weighted by molar-refractivity contribution is -0.139. The highest BCUT2D eigenvalue weighted by Gasteiger charge is 2.19. The highest BCUT2D eigenvalue weighted by atomic mass is 16.5. The number of aliphatic carboxylic acids is 1. The summed E-state index contributed by atoms with van der Waals surface area (Å²) in [5.74, 6) is -1.02. The Balaban J connectivity index is 4.07. The molecule has 0 heterocycles. The van der Waals surface area contributed by atoms with Crippen molar-refractivity contribution in [2.45, 2.75) is 38.3 Å². The molecule has 2 amide bonds. The maximum atomic E-state index is 11.6. The number of nitrogens with one attached hydrogen (secondary N) is 2. The SMILES string of the molecule is CCCCC(NC(=O)NCC(COC)OC)C(=O)O. The molecule has 0 bridgehead atoms. The van der Waals surface area contributed by atoms with Gasteiger partial charge in [-0.3, -0.25) is 0 Å². The van der Waals surface area contributed by atoms with Crippen molar-refractivity contribution in [3.8, 4) is 0 Å². The Morgan fingerprint density at radius 1 is 1.32 bits per heavy atom. The van der Waals surface area contributed by atoms with Gasteiger partial charge in [-0.25, -0.2) is 9.59 Å². The molecule has 0 aliphatic heterocycles. The molecule has 7 heteroatoms. The molecule has 0 aliphatic carbocycles. The van der Waals surface area contributed by atoms with Crippen molar-refractivity contribution in [1.29, 1.82) is 0 Å². The van der Waals surface area contributed by atoms with Crippen molar-refractivity contribution in [3.63, 3.8) is 0 Å². The van der Waals surface area contributed by atoms with Crippen LogP contribution in [0, 0.1) is 0 Å². The molecule has 0 rings (SSSR count). The average molecular weight is 276 g/mol. The summed E-state index contributed by atoms with van der Waals surface area (Å²) in [6.45, 7) is 2.58. The number of methoxy groups -OCH3 is 2. The number of ether oxygens (including phenoxy) is 2. The van der Waals surface area contributed by atoms with Crippen LogP contribution in [0.4, 0.5) is 4.79 Å². The highest BCUT2D eigenvalue weighted by molar-refractivity contribution is 5.82. The first kappa shape index (κ1) is 17.7. The van der Waals surface area contributed by atoms with Crippen molar-refractivity contribution in [3.05, 3.63) is 0 Å². The fourth-order valence-electron chi connectivity index (χ4n) is 1.48. The minimum absolute atomic E-state index is 0.255. The van der Waals surface area contributed by atoms with Gasteiger partial charge < -0.3 is 25.2 Å². The number of carboxylic acids is 1. The second kappa shape index (κ2) is 10.6. The van der Waals surface area contributed by atoms with Gasteiger partial charge in [0.05, 0.1) is 12.7 Å². The van der Waals surface area contributed by atoms with Crippen molar-refractivity contribution in [2.75, 3.05) is 27.4 Å². The number of hydrogen-bond donors (Lipinski definition) is 3. The van der Waals surface area contributed by atoms with Crippen LogP contribution in [0.2, 0.25) is 0 Å². The summed E-state index contributed by atoms with van der Waals surface area (Å²) in [5, 5.41) is 14.0. The summed E-state index contributed by atoms with van der Waals surface area (Å²) in [6.07, 6.45) is 1.80. The van der Waals surface area contributed by atoms with Crippen LogP contribution in [0.3, 0.4) is 0 Å². The third-order valence-electron chi connectivity index (χ3n) is 2.63. The fourth-order valence-corrected chi connectivity index (χ4v) is 1.48. The van der Waals surface area contributed by atoms with Crippen molar-refractivity contribution >= 4 is 12.0 Å². The maximum absolute atomic E-state index is 11.6. The van der Waals surface area contributed by atoms with E-state index in [1.54, 1.807) is 0 Å². The molecule has 3 N–H and O–H groups in total. The van der Waals surface area contributed by atoms with E-state index >= 15 is 0 Å². The van der Waals surface area contributed by atoms with Gasteiger partial charge in [0, 0.05) is 20.8 Å². The fraction of sp³-hybridized carbons (Fsp3) is 0.833. The lowest BCUT2D eigenvalue weighted by atomic mass is 10.1. The molecular formula is C12H24N2O5. The number of amides is 2. The third-order valence-corrected chi connectivity index (χ3v) is 2.63. The summed E-state index contributed by atoms with van der Waals surface area (Å²) in [5.41, 5.74) is 0. The monoisotopic (exact) mass is 276 g/mol. The minimum Gasteiger partial charge on any atom is -0.480 e. The maximum Gasteiger partial charge on any atom is 0.326 e. The van der Waals surface area contributed by atoms with Crippen molar-refractivity contribution in [2.24, 2.45) is 0 Å². The lowest BCUT2D eigenvalue weighted by Gasteiger charge is -2.18. The first-order valence-electron chi connectivity index (χ1n) is 6.34. The molecule has 0 radical (unpaired) electrons. The average Bonchev–Trinajstić information content (AvgIpc) is 2.38. The predicted molar refractivity (Wildman–Crippen MR) is 70.2 cm³/mol. The van der Waals surface area contributed by atoms with Gasteiger partial charge in [-0.2, -0.15) is 0 Å². The van der Waals surface area contributed by atoms with E-state index in [4.69, 9.17) is 14.6 Å². The Bertz CT molecular complexity index is 273. The third kappa shape index (κ3) is 8.39. The first-order valence-corrected chi connectivity index (χ1v) is 6.34. The number of hydrogen-bond acceptors (Lipinski definition) is 4. The zero-order chi connectivity index (χ0) is 14.7. The first-order chi connectivity index (χ1) is 9.04. The summed E-state index contributed by atoms with van der Waals surface area (Å²) < 4.78 is 9.98.